The number of carbonyl (C=O) groups excluding carboxylic acids is 1. The van der Waals surface area contributed by atoms with Crippen LogP contribution in [0.2, 0.25) is 0 Å². The molecule has 1 heterocycles. The number of aryl methyl sites for hydroxylation is 2. The van der Waals surface area contributed by atoms with Crippen molar-refractivity contribution in [1.82, 2.24) is 9.55 Å². The number of para-hydroxylation sites is 1. The molecule has 0 bridgehead atoms. The first-order valence-corrected chi connectivity index (χ1v) is 11.1. The lowest BCUT2D eigenvalue weighted by atomic mass is 10.1. The predicted octanol–water partition coefficient (Wildman–Crippen LogP) is 3.82. The summed E-state index contributed by atoms with van der Waals surface area (Å²) in [6.45, 7) is 2.30. The van der Waals surface area contributed by atoms with Gasteiger partial charge in [-0.25, -0.2) is 4.98 Å². The van der Waals surface area contributed by atoms with Gasteiger partial charge in [0.05, 0.1) is 29.3 Å². The molecule has 156 valence electrons. The molecule has 0 saturated heterocycles. The van der Waals surface area contributed by atoms with Crippen LogP contribution in [0.5, 0.6) is 0 Å². The van der Waals surface area contributed by atoms with Crippen LogP contribution in [-0.2, 0) is 22.4 Å². The van der Waals surface area contributed by atoms with Gasteiger partial charge in [-0.05, 0) is 61.6 Å². The van der Waals surface area contributed by atoms with Crippen LogP contribution in [0, 0.1) is 0 Å². The van der Waals surface area contributed by atoms with Gasteiger partial charge in [0.25, 0.3) is 5.56 Å². The van der Waals surface area contributed by atoms with Gasteiger partial charge in [0.15, 0.2) is 5.16 Å². The van der Waals surface area contributed by atoms with Crippen molar-refractivity contribution < 1.29 is 9.53 Å². The normalized spacial score (nSPS) is 13.9. The average Bonchev–Trinajstić information content (AvgIpc) is 3.20. The second-order valence-electron chi connectivity index (χ2n) is 7.56. The van der Waals surface area contributed by atoms with Crippen molar-refractivity contribution in [1.29, 1.82) is 0 Å². The highest BCUT2D eigenvalue weighted by molar-refractivity contribution is 7.99. The fourth-order valence-electron chi connectivity index (χ4n) is 3.91. The maximum absolute atomic E-state index is 13.1. The van der Waals surface area contributed by atoms with Crippen molar-refractivity contribution in [3.8, 4) is 0 Å². The molecule has 1 aliphatic rings. The van der Waals surface area contributed by atoms with E-state index in [-0.39, 0.29) is 23.3 Å². The van der Waals surface area contributed by atoms with Crippen molar-refractivity contribution in [2.75, 3.05) is 24.8 Å². The molecule has 1 N–H and O–H groups in total. The third kappa shape index (κ3) is 4.27. The van der Waals surface area contributed by atoms with E-state index in [0.717, 1.165) is 18.5 Å². The van der Waals surface area contributed by atoms with Crippen molar-refractivity contribution in [3.63, 3.8) is 0 Å². The minimum Gasteiger partial charge on any atom is -0.383 e. The van der Waals surface area contributed by atoms with Crippen LogP contribution in [0.25, 0.3) is 10.9 Å². The Bertz CT molecular complexity index is 1140. The molecule has 6 nitrogen and oxygen atoms in total. The van der Waals surface area contributed by atoms with Gasteiger partial charge in [-0.15, -0.1) is 0 Å². The smallest absolute Gasteiger partial charge is 0.262 e. The molecule has 30 heavy (non-hydrogen) atoms. The van der Waals surface area contributed by atoms with Crippen LogP contribution >= 0.6 is 11.8 Å². The van der Waals surface area contributed by atoms with Crippen molar-refractivity contribution in [2.45, 2.75) is 37.4 Å². The van der Waals surface area contributed by atoms with Crippen LogP contribution in [0.3, 0.4) is 0 Å². The maximum Gasteiger partial charge on any atom is 0.262 e. The number of fused-ring (bicyclic) bond motifs is 2. The number of aromatic nitrogens is 2. The first kappa shape index (κ1) is 20.6. The molecular weight excluding hydrogens is 398 g/mol. The van der Waals surface area contributed by atoms with E-state index >= 15 is 0 Å². The van der Waals surface area contributed by atoms with Gasteiger partial charge in [-0.3, -0.25) is 14.2 Å². The summed E-state index contributed by atoms with van der Waals surface area (Å²) in [6, 6.07) is 13.2. The number of nitrogens with zero attached hydrogens (tertiary/aromatic N) is 2. The van der Waals surface area contributed by atoms with E-state index in [9.17, 15) is 9.59 Å². The molecule has 2 aromatic carbocycles. The summed E-state index contributed by atoms with van der Waals surface area (Å²) in [5.74, 6) is 0.0491. The standard InChI is InChI=1S/C23H25N3O3S/c1-15(13-29-2)26-22(28)19-8-3-4-9-20(19)25-23(26)30-14-21(27)24-18-11-10-16-6-5-7-17(16)12-18/h3-4,8-12,15H,5-7,13-14H2,1-2H3,(H,24,27)/t15-/m0/s1. The second-order valence-corrected chi connectivity index (χ2v) is 8.51. The topological polar surface area (TPSA) is 73.2 Å². The predicted molar refractivity (Wildman–Crippen MR) is 120 cm³/mol. The summed E-state index contributed by atoms with van der Waals surface area (Å²) in [5.41, 5.74) is 4.02. The van der Waals surface area contributed by atoms with E-state index in [2.05, 4.69) is 22.4 Å². The first-order valence-electron chi connectivity index (χ1n) is 10.1. The zero-order valence-corrected chi connectivity index (χ0v) is 18.0. The molecule has 0 spiro atoms. The zero-order valence-electron chi connectivity index (χ0n) is 17.2. The Morgan fingerprint density at radius 3 is 2.87 bits per heavy atom. The Hall–Kier alpha value is -2.64. The maximum atomic E-state index is 13.1. The summed E-state index contributed by atoms with van der Waals surface area (Å²) in [4.78, 5) is 30.3. The van der Waals surface area contributed by atoms with Crippen LogP contribution in [0.4, 0.5) is 5.69 Å². The van der Waals surface area contributed by atoms with Gasteiger partial charge in [0.2, 0.25) is 5.91 Å². The Morgan fingerprint density at radius 1 is 1.23 bits per heavy atom. The number of rotatable bonds is 7. The molecule has 0 unspecified atom stereocenters. The molecule has 4 rings (SSSR count). The average molecular weight is 424 g/mol. The van der Waals surface area contributed by atoms with E-state index in [4.69, 9.17) is 4.74 Å². The number of ether oxygens (including phenoxy) is 1. The molecule has 1 aromatic heterocycles. The lowest BCUT2D eigenvalue weighted by Crippen LogP contribution is -2.29. The fraction of sp³-hybridized carbons (Fsp3) is 0.348. The van der Waals surface area contributed by atoms with Crippen LogP contribution in [0.1, 0.15) is 30.5 Å². The highest BCUT2D eigenvalue weighted by atomic mass is 32.2. The number of amides is 1. The highest BCUT2D eigenvalue weighted by Gasteiger charge is 2.18. The molecule has 7 heteroatoms. The molecule has 1 aliphatic carbocycles. The molecule has 3 aromatic rings. The molecule has 0 saturated carbocycles. The fourth-order valence-corrected chi connectivity index (χ4v) is 4.81. The van der Waals surface area contributed by atoms with Crippen LogP contribution in [0.15, 0.2) is 52.4 Å². The number of carbonyl (C=O) groups is 1. The van der Waals surface area contributed by atoms with Gasteiger partial charge in [-0.1, -0.05) is 30.0 Å². The van der Waals surface area contributed by atoms with Crippen molar-refractivity contribution >= 4 is 34.3 Å². The number of hydrogen-bond donors (Lipinski definition) is 1. The highest BCUT2D eigenvalue weighted by Crippen LogP contribution is 2.26. The van der Waals surface area contributed by atoms with E-state index < -0.39 is 0 Å². The number of methoxy groups -OCH3 is 1. The minimum atomic E-state index is -0.193. The largest absolute Gasteiger partial charge is 0.383 e. The van der Waals surface area contributed by atoms with Gasteiger partial charge < -0.3 is 10.1 Å². The quantitative estimate of drug-likeness (QED) is 0.462. The van der Waals surface area contributed by atoms with Crippen LogP contribution < -0.4 is 10.9 Å². The second kappa shape index (κ2) is 9.02. The van der Waals surface area contributed by atoms with Gasteiger partial charge in [0.1, 0.15) is 0 Å². The lowest BCUT2D eigenvalue weighted by Gasteiger charge is -2.18. The van der Waals surface area contributed by atoms with E-state index in [1.807, 2.05) is 31.2 Å². The first-order chi connectivity index (χ1) is 14.6. The third-order valence-corrected chi connectivity index (χ3v) is 6.29. The van der Waals surface area contributed by atoms with Crippen molar-refractivity contribution in [3.05, 3.63) is 63.9 Å². The van der Waals surface area contributed by atoms with Gasteiger partial charge >= 0.3 is 0 Å². The Balaban J connectivity index is 1.54. The Labute approximate surface area is 179 Å². The van der Waals surface area contributed by atoms with E-state index in [0.29, 0.717) is 22.7 Å². The Kier molecular flexibility index (Phi) is 6.20. The number of nitrogens with one attached hydrogen (secondary N) is 1. The zero-order chi connectivity index (χ0) is 21.1. The monoisotopic (exact) mass is 423 g/mol. The van der Waals surface area contributed by atoms with Gasteiger partial charge in [-0.2, -0.15) is 0 Å². The summed E-state index contributed by atoms with van der Waals surface area (Å²) in [7, 11) is 1.60. The molecule has 0 fully saturated rings. The van der Waals surface area contributed by atoms with Gasteiger partial charge in [0, 0.05) is 12.8 Å². The summed E-state index contributed by atoms with van der Waals surface area (Å²) >= 11 is 1.27. The molecular formula is C23H25N3O3S. The summed E-state index contributed by atoms with van der Waals surface area (Å²) in [5, 5.41) is 4.05. The summed E-state index contributed by atoms with van der Waals surface area (Å²) in [6.07, 6.45) is 3.36. The summed E-state index contributed by atoms with van der Waals surface area (Å²) < 4.78 is 6.87. The number of hydrogen-bond acceptors (Lipinski definition) is 5. The molecule has 0 radical (unpaired) electrons. The molecule has 0 aliphatic heterocycles. The lowest BCUT2D eigenvalue weighted by molar-refractivity contribution is -0.113. The Morgan fingerprint density at radius 2 is 2.03 bits per heavy atom. The SMILES string of the molecule is COC[C@H](C)n1c(SCC(=O)Nc2ccc3c(c2)CCC3)nc2ccccc2c1=O. The van der Waals surface area contributed by atoms with E-state index in [1.165, 1.54) is 29.3 Å². The third-order valence-electron chi connectivity index (χ3n) is 5.34. The number of benzene rings is 2. The minimum absolute atomic E-state index is 0.119. The van der Waals surface area contributed by atoms with E-state index in [1.54, 1.807) is 17.7 Å². The molecule has 1 atom stereocenters. The number of thioether (sulfide) groups is 1. The molecule has 1 amide bonds. The number of anilines is 1. The van der Waals surface area contributed by atoms with Crippen molar-refractivity contribution in [2.24, 2.45) is 0 Å². The van der Waals surface area contributed by atoms with Crippen LogP contribution in [-0.4, -0.2) is 34.9 Å².